The Kier molecular flexibility index (Phi) is 36.8. The molecule has 0 spiro atoms. The standard InChI is InChI=1S/C86H124N8O17S/c1-11-28-63-48-66-54-88-69-52-74(72(103-9)50-67(69)81(99)92(66)55-63)109-38-27-39-110-75-53-70-68(51-73(75)104-10)82(100)93-56-64(29-12-2)49-71(93)83(101)94(70)84(102)111-57-62-30-32-65(33-31-62)90-79(97)61(7)89-80(98)78(60(5)6)91-76(95)34-40-105-42-44-107-46-47-108-45-43-106-41-37-87-77(96)58-112-86(13-3,14-4)59-85(8)35-25-23-21-19-17-15-16-18-20-22-24-26-36-85/h11-12,28-33,50-56,60-61,66,71,78,83,101H,13-27,34-49,57-59H2,1-10H3,(H,87,96)(H,89,98)(H,90,97)(H,91,95)/b28-11+,29-12+/t61-,66-,71-,78-,83-/m0/s1. The summed E-state index contributed by atoms with van der Waals surface area (Å²) in [5.41, 5.74) is 3.91. The molecule has 1 fully saturated rings. The molecule has 0 radical (unpaired) electrons. The molecular formula is C86H124N8O17S. The van der Waals surface area contributed by atoms with Crippen molar-refractivity contribution in [2.45, 2.75) is 232 Å². The largest absolute Gasteiger partial charge is 0.493 e. The fourth-order valence-corrected chi connectivity index (χ4v) is 16.3. The van der Waals surface area contributed by atoms with Crippen LogP contribution in [0.5, 0.6) is 23.0 Å². The molecular weight excluding hydrogens is 1450 g/mol. The summed E-state index contributed by atoms with van der Waals surface area (Å²) in [6.45, 7) is 19.0. The normalized spacial score (nSPS) is 18.7. The van der Waals surface area contributed by atoms with E-state index < -0.39 is 54.1 Å². The average molecular weight is 1570 g/mol. The minimum absolute atomic E-state index is 0.00381. The molecule has 5 aliphatic rings. The van der Waals surface area contributed by atoms with Crippen LogP contribution in [0, 0.1) is 11.3 Å². The molecule has 4 aliphatic heterocycles. The number of ether oxygens (including phenoxy) is 9. The van der Waals surface area contributed by atoms with Gasteiger partial charge in [0.2, 0.25) is 23.6 Å². The van der Waals surface area contributed by atoms with Gasteiger partial charge in [-0.1, -0.05) is 148 Å². The number of carbonyl (C=O) groups excluding carboxylic acids is 7. The average Bonchev–Trinajstić information content (AvgIpc) is 1.59. The predicted octanol–water partition coefficient (Wildman–Crippen LogP) is 14.4. The molecule has 25 nitrogen and oxygen atoms in total. The number of nitrogens with zero attached hydrogens (tertiary/aromatic N) is 4. The van der Waals surface area contributed by atoms with Gasteiger partial charge in [-0.2, -0.15) is 0 Å². The van der Waals surface area contributed by atoms with E-state index in [4.69, 9.17) is 42.6 Å². The van der Waals surface area contributed by atoms with Crippen LogP contribution in [0.3, 0.4) is 0 Å². The van der Waals surface area contributed by atoms with Crippen molar-refractivity contribution >= 4 is 76.6 Å². The van der Waals surface area contributed by atoms with E-state index in [9.17, 15) is 38.7 Å². The van der Waals surface area contributed by atoms with E-state index in [1.54, 1.807) is 67.6 Å². The number of allylic oxidation sites excluding steroid dienone is 4. The van der Waals surface area contributed by atoms with Gasteiger partial charge in [0.15, 0.2) is 29.2 Å². The summed E-state index contributed by atoms with van der Waals surface area (Å²) >= 11 is 1.85. The van der Waals surface area contributed by atoms with E-state index >= 15 is 0 Å². The molecule has 26 heteroatoms. The van der Waals surface area contributed by atoms with E-state index in [0.29, 0.717) is 104 Å². The number of rotatable bonds is 40. The summed E-state index contributed by atoms with van der Waals surface area (Å²) in [4.78, 5) is 104. The van der Waals surface area contributed by atoms with Gasteiger partial charge in [0, 0.05) is 60.6 Å². The number of amides is 7. The predicted molar refractivity (Wildman–Crippen MR) is 437 cm³/mol. The Balaban J connectivity index is 0.708. The van der Waals surface area contributed by atoms with Crippen molar-refractivity contribution in [3.8, 4) is 23.0 Å². The number of benzene rings is 3. The van der Waals surface area contributed by atoms with Gasteiger partial charge in [0.1, 0.15) is 18.7 Å². The molecule has 1 aliphatic carbocycles. The second-order valence-corrected chi connectivity index (χ2v) is 31.7. The quantitative estimate of drug-likeness (QED) is 0.0331. The van der Waals surface area contributed by atoms with Crippen molar-refractivity contribution in [1.29, 1.82) is 0 Å². The summed E-state index contributed by atoms with van der Waals surface area (Å²) in [5.74, 6) is -0.848. The van der Waals surface area contributed by atoms with Crippen molar-refractivity contribution < 1.29 is 81.3 Å². The highest BCUT2D eigenvalue weighted by Crippen LogP contribution is 2.48. The molecule has 3 aromatic rings. The summed E-state index contributed by atoms with van der Waals surface area (Å²) in [6, 6.07) is 9.70. The first-order valence-corrected chi connectivity index (χ1v) is 41.6. The molecule has 112 heavy (non-hydrogen) atoms. The highest BCUT2D eigenvalue weighted by molar-refractivity contribution is 8.01. The van der Waals surface area contributed by atoms with Crippen LogP contribution in [-0.2, 0) is 49.5 Å². The first kappa shape index (κ1) is 89.3. The van der Waals surface area contributed by atoms with Gasteiger partial charge in [-0.05, 0) is 118 Å². The fraction of sp³-hybridized carbons (Fsp3) is 0.605. The van der Waals surface area contributed by atoms with Crippen LogP contribution in [-0.4, -0.2) is 190 Å². The van der Waals surface area contributed by atoms with Crippen LogP contribution in [0.25, 0.3) is 0 Å². The number of aliphatic imine (C=N–C) groups is 1. The molecule has 7 amide bonds. The Bertz CT molecular complexity index is 3710. The van der Waals surface area contributed by atoms with Crippen LogP contribution in [0.1, 0.15) is 217 Å². The number of hydrogen-bond donors (Lipinski definition) is 5. The number of anilines is 2. The van der Waals surface area contributed by atoms with E-state index in [1.807, 2.05) is 56.1 Å². The minimum Gasteiger partial charge on any atom is -0.493 e. The Hall–Kier alpha value is -8.27. The van der Waals surface area contributed by atoms with Crippen molar-refractivity contribution in [3.63, 3.8) is 0 Å². The van der Waals surface area contributed by atoms with Gasteiger partial charge in [-0.25, -0.2) is 9.69 Å². The van der Waals surface area contributed by atoms with E-state index in [0.717, 1.165) is 28.9 Å². The Labute approximate surface area is 667 Å². The lowest BCUT2D eigenvalue weighted by Gasteiger charge is -2.41. The van der Waals surface area contributed by atoms with Gasteiger partial charge in [-0.15, -0.1) is 11.8 Å². The molecule has 4 heterocycles. The van der Waals surface area contributed by atoms with Crippen molar-refractivity contribution in [2.24, 2.45) is 16.3 Å². The summed E-state index contributed by atoms with van der Waals surface area (Å²) in [6.07, 6.45) is 33.7. The van der Waals surface area contributed by atoms with Crippen molar-refractivity contribution in [2.75, 3.05) is 103 Å². The molecule has 5 atom stereocenters. The van der Waals surface area contributed by atoms with Gasteiger partial charge in [0.25, 0.3) is 11.8 Å². The van der Waals surface area contributed by atoms with Gasteiger partial charge < -0.3 is 78.8 Å². The number of nitrogens with one attached hydrogen (secondary N) is 4. The molecule has 3 aromatic carbocycles. The van der Waals surface area contributed by atoms with Crippen molar-refractivity contribution in [3.05, 3.63) is 113 Å². The second-order valence-electron chi connectivity index (χ2n) is 30.2. The van der Waals surface area contributed by atoms with E-state index in [-0.39, 0.29) is 97.1 Å². The van der Waals surface area contributed by atoms with Crippen LogP contribution >= 0.6 is 11.8 Å². The summed E-state index contributed by atoms with van der Waals surface area (Å²) in [5, 5.41) is 23.5. The van der Waals surface area contributed by atoms with Gasteiger partial charge in [0.05, 0.1) is 121 Å². The molecule has 0 saturated heterocycles. The zero-order valence-electron chi connectivity index (χ0n) is 67.8. The maximum absolute atomic E-state index is 14.4. The maximum Gasteiger partial charge on any atom is 0.416 e. The Morgan fingerprint density at radius 2 is 1.20 bits per heavy atom. The lowest BCUT2D eigenvalue weighted by atomic mass is 9.72. The lowest BCUT2D eigenvalue weighted by molar-refractivity contribution is -0.132. The first-order chi connectivity index (χ1) is 54.2. The first-order valence-electron chi connectivity index (χ1n) is 40.6. The monoisotopic (exact) mass is 1570 g/mol. The van der Waals surface area contributed by atoms with E-state index in [2.05, 4.69) is 47.0 Å². The highest BCUT2D eigenvalue weighted by Gasteiger charge is 2.46. The van der Waals surface area contributed by atoms with Gasteiger partial charge in [-0.3, -0.25) is 33.8 Å². The third-order valence-corrected chi connectivity index (χ3v) is 23.1. The second kappa shape index (κ2) is 46.2. The van der Waals surface area contributed by atoms with Crippen LogP contribution in [0.2, 0.25) is 0 Å². The highest BCUT2D eigenvalue weighted by atomic mass is 32.2. The van der Waals surface area contributed by atoms with Gasteiger partial charge >= 0.3 is 6.09 Å². The molecule has 0 bridgehead atoms. The zero-order chi connectivity index (χ0) is 80.4. The van der Waals surface area contributed by atoms with Crippen LogP contribution in [0.4, 0.5) is 21.9 Å². The SMILES string of the molecule is C/C=C/C1=CN2C(=O)c3cc(OC)c(OCCCOc4cc5c(cc4OC)C(=O)N4C=C(/C=C/C)C[C@H]4[C@H](O)N5C(=O)OCc4ccc(NC(=O)[C@H](C)NC(=O)[C@@H](NC(=O)CCOCCOCCOCCOCCNC(=O)CSC(CC)(CC)CC5(C)CCCCCCCCCCCCCC5)C(C)C)cc4)cc3N=C[C@@H]2C1. The number of methoxy groups -OCH3 is 2. The number of aliphatic hydroxyl groups is 1. The number of aliphatic hydroxyl groups excluding tert-OH is 1. The smallest absolute Gasteiger partial charge is 0.416 e. The lowest BCUT2D eigenvalue weighted by Crippen LogP contribution is -2.53. The number of carbonyl (C=O) groups is 7. The third kappa shape index (κ3) is 26.7. The van der Waals surface area contributed by atoms with Crippen molar-refractivity contribution in [1.82, 2.24) is 25.8 Å². The number of hydrogen-bond acceptors (Lipinski definition) is 19. The summed E-state index contributed by atoms with van der Waals surface area (Å²) in [7, 11) is 2.92. The molecule has 0 unspecified atom stereocenters. The number of fused-ring (bicyclic) bond motifs is 4. The summed E-state index contributed by atoms with van der Waals surface area (Å²) < 4.78 is 52.4. The molecule has 8 rings (SSSR count). The molecule has 5 N–H and O–H groups in total. The third-order valence-electron chi connectivity index (χ3n) is 21.3. The topological polar surface area (TPSA) is 293 Å². The molecule has 616 valence electrons. The Morgan fingerprint density at radius 1 is 0.652 bits per heavy atom. The Morgan fingerprint density at radius 3 is 1.78 bits per heavy atom. The van der Waals surface area contributed by atoms with Crippen LogP contribution < -0.4 is 45.1 Å². The van der Waals surface area contributed by atoms with E-state index in [1.165, 1.54) is 134 Å². The fourth-order valence-electron chi connectivity index (χ4n) is 14.9. The molecule has 1 saturated carbocycles. The minimum atomic E-state index is -1.58. The number of thioether (sulfide) groups is 1. The zero-order valence-corrected chi connectivity index (χ0v) is 68.7. The maximum atomic E-state index is 14.4. The molecule has 0 aromatic heterocycles. The van der Waals surface area contributed by atoms with Crippen LogP contribution in [0.15, 0.2) is 101 Å².